The second-order valence-electron chi connectivity index (χ2n) is 6.64. The summed E-state index contributed by atoms with van der Waals surface area (Å²) in [6.07, 6.45) is 0. The number of aryl methyl sites for hydroxylation is 1. The molecular weight excluding hydrogens is 366 g/mol. The summed E-state index contributed by atoms with van der Waals surface area (Å²) in [5.74, 6) is -1.87. The number of rotatable bonds is 5. The minimum absolute atomic E-state index is 0.0150. The summed E-state index contributed by atoms with van der Waals surface area (Å²) in [6.45, 7) is 3.16. The number of hydrogen-bond donors (Lipinski definition) is 3. The van der Waals surface area contributed by atoms with E-state index >= 15 is 0 Å². The Morgan fingerprint density at radius 3 is 2.36 bits per heavy atom. The van der Waals surface area contributed by atoms with E-state index in [1.54, 1.807) is 25.1 Å². The Morgan fingerprint density at radius 2 is 1.79 bits per heavy atom. The Balaban J connectivity index is 2.33. The third-order valence-corrected chi connectivity index (χ3v) is 4.92. The second kappa shape index (κ2) is 6.95. The van der Waals surface area contributed by atoms with Gasteiger partial charge >= 0.3 is 5.97 Å². The van der Waals surface area contributed by atoms with Crippen LogP contribution in [0.1, 0.15) is 40.0 Å². The first-order valence-corrected chi connectivity index (χ1v) is 8.55. The summed E-state index contributed by atoms with van der Waals surface area (Å²) >= 11 is 0. The quantitative estimate of drug-likeness (QED) is 0.721. The Labute approximate surface area is 161 Å². The molecular formula is C20H21NO7. The minimum Gasteiger partial charge on any atom is -0.507 e. The van der Waals surface area contributed by atoms with Crippen molar-refractivity contribution in [3.8, 4) is 23.0 Å². The molecule has 3 rings (SSSR count). The number of benzene rings is 2. The van der Waals surface area contributed by atoms with Crippen molar-refractivity contribution < 1.29 is 34.4 Å². The number of amides is 1. The van der Waals surface area contributed by atoms with Gasteiger partial charge in [-0.15, -0.1) is 0 Å². The first-order chi connectivity index (χ1) is 13.2. The van der Waals surface area contributed by atoms with Gasteiger partial charge in [0.2, 0.25) is 0 Å². The lowest BCUT2D eigenvalue weighted by Crippen LogP contribution is -2.41. The number of aromatic hydroxyl groups is 2. The highest BCUT2D eigenvalue weighted by molar-refractivity contribution is 6.04. The van der Waals surface area contributed by atoms with E-state index < -0.39 is 24.0 Å². The Kier molecular flexibility index (Phi) is 4.80. The number of methoxy groups -OCH3 is 2. The molecule has 0 aromatic heterocycles. The molecule has 2 aromatic rings. The van der Waals surface area contributed by atoms with Crippen molar-refractivity contribution >= 4 is 11.9 Å². The fourth-order valence-electron chi connectivity index (χ4n) is 3.56. The molecule has 2 aromatic carbocycles. The Hall–Kier alpha value is -3.42. The Morgan fingerprint density at radius 1 is 1.11 bits per heavy atom. The predicted molar refractivity (Wildman–Crippen MR) is 99.2 cm³/mol. The van der Waals surface area contributed by atoms with Gasteiger partial charge in [-0.25, -0.2) is 4.79 Å². The lowest BCUT2D eigenvalue weighted by atomic mass is 9.94. The van der Waals surface area contributed by atoms with E-state index in [0.717, 1.165) is 10.5 Å². The number of nitrogens with zero attached hydrogens (tertiary/aromatic N) is 1. The normalized spacial score (nSPS) is 16.6. The van der Waals surface area contributed by atoms with Gasteiger partial charge in [-0.1, -0.05) is 0 Å². The van der Waals surface area contributed by atoms with E-state index in [2.05, 4.69) is 0 Å². The number of carboxylic acid groups (broad SMARTS) is 1. The molecule has 0 saturated heterocycles. The van der Waals surface area contributed by atoms with Crippen molar-refractivity contribution in [3.05, 3.63) is 46.5 Å². The molecule has 1 heterocycles. The maximum absolute atomic E-state index is 13.0. The summed E-state index contributed by atoms with van der Waals surface area (Å²) < 4.78 is 10.4. The lowest BCUT2D eigenvalue weighted by molar-refractivity contribution is -0.142. The topological polar surface area (TPSA) is 117 Å². The van der Waals surface area contributed by atoms with Crippen LogP contribution in [0.15, 0.2) is 24.3 Å². The average molecular weight is 387 g/mol. The predicted octanol–water partition coefficient (Wildman–Crippen LogP) is 2.44. The molecule has 28 heavy (non-hydrogen) atoms. The number of phenols is 2. The van der Waals surface area contributed by atoms with Crippen LogP contribution in [0.5, 0.6) is 23.0 Å². The molecule has 1 amide bonds. The molecule has 8 nitrogen and oxygen atoms in total. The first-order valence-electron chi connectivity index (χ1n) is 8.55. The highest BCUT2D eigenvalue weighted by Gasteiger charge is 2.45. The van der Waals surface area contributed by atoms with Crippen molar-refractivity contribution in [1.29, 1.82) is 0 Å². The van der Waals surface area contributed by atoms with Crippen molar-refractivity contribution in [1.82, 2.24) is 4.90 Å². The van der Waals surface area contributed by atoms with Gasteiger partial charge in [0.1, 0.15) is 17.5 Å². The van der Waals surface area contributed by atoms with Gasteiger partial charge < -0.3 is 29.7 Å². The van der Waals surface area contributed by atoms with Crippen molar-refractivity contribution in [2.75, 3.05) is 14.2 Å². The zero-order chi connectivity index (χ0) is 20.7. The molecule has 0 fully saturated rings. The van der Waals surface area contributed by atoms with Crippen molar-refractivity contribution in [2.24, 2.45) is 0 Å². The van der Waals surface area contributed by atoms with Crippen LogP contribution in [-0.4, -0.2) is 52.4 Å². The summed E-state index contributed by atoms with van der Waals surface area (Å²) in [6, 6.07) is 3.98. The van der Waals surface area contributed by atoms with Crippen molar-refractivity contribution in [2.45, 2.75) is 25.9 Å². The van der Waals surface area contributed by atoms with Crippen LogP contribution < -0.4 is 9.47 Å². The molecule has 0 aliphatic carbocycles. The van der Waals surface area contributed by atoms with Gasteiger partial charge in [-0.2, -0.15) is 0 Å². The zero-order valence-corrected chi connectivity index (χ0v) is 15.9. The van der Waals surface area contributed by atoms with E-state index in [1.807, 2.05) is 0 Å². The molecule has 2 atom stereocenters. The van der Waals surface area contributed by atoms with E-state index in [1.165, 1.54) is 27.2 Å². The van der Waals surface area contributed by atoms with Gasteiger partial charge in [0.25, 0.3) is 5.91 Å². The minimum atomic E-state index is -1.21. The zero-order valence-electron chi connectivity index (χ0n) is 15.9. The highest BCUT2D eigenvalue weighted by atomic mass is 16.5. The number of fused-ring (bicyclic) bond motifs is 1. The highest BCUT2D eigenvalue weighted by Crippen LogP contribution is 2.49. The van der Waals surface area contributed by atoms with Crippen LogP contribution in [0.25, 0.3) is 0 Å². The van der Waals surface area contributed by atoms with Gasteiger partial charge in [0.15, 0.2) is 11.5 Å². The summed E-state index contributed by atoms with van der Waals surface area (Å²) in [5, 5.41) is 30.6. The fraction of sp³-hybridized carbons (Fsp3) is 0.300. The van der Waals surface area contributed by atoms with E-state index in [4.69, 9.17) is 9.47 Å². The maximum atomic E-state index is 13.0. The van der Waals surface area contributed by atoms with Gasteiger partial charge in [-0.3, -0.25) is 4.79 Å². The fourth-order valence-corrected chi connectivity index (χ4v) is 3.56. The van der Waals surface area contributed by atoms with E-state index in [9.17, 15) is 24.9 Å². The SMILES string of the molecule is COc1cc(O)c2c(c1)C(c1cc(C)cc(OC)c1O)N(C(C)C(=O)O)C2=O. The summed E-state index contributed by atoms with van der Waals surface area (Å²) in [4.78, 5) is 25.8. The van der Waals surface area contributed by atoms with E-state index in [-0.39, 0.29) is 22.8 Å². The molecule has 1 aliphatic rings. The average Bonchev–Trinajstić information content (AvgIpc) is 2.94. The van der Waals surface area contributed by atoms with Gasteiger partial charge in [0.05, 0.1) is 25.8 Å². The molecule has 0 spiro atoms. The number of aliphatic carboxylic acids is 1. The third-order valence-electron chi connectivity index (χ3n) is 4.92. The smallest absolute Gasteiger partial charge is 0.326 e. The Bertz CT molecular complexity index is 970. The first kappa shape index (κ1) is 19.3. The van der Waals surface area contributed by atoms with Crippen LogP contribution in [0.2, 0.25) is 0 Å². The van der Waals surface area contributed by atoms with Gasteiger partial charge in [-0.05, 0) is 43.2 Å². The van der Waals surface area contributed by atoms with Crippen LogP contribution >= 0.6 is 0 Å². The number of phenolic OH excluding ortho intramolecular Hbond substituents is 2. The number of carbonyl (C=O) groups is 2. The van der Waals surface area contributed by atoms with E-state index in [0.29, 0.717) is 16.9 Å². The summed E-state index contributed by atoms with van der Waals surface area (Å²) in [7, 11) is 2.82. The molecule has 1 aliphatic heterocycles. The monoisotopic (exact) mass is 387 g/mol. The van der Waals surface area contributed by atoms with Gasteiger partial charge in [0, 0.05) is 11.6 Å². The number of hydrogen-bond acceptors (Lipinski definition) is 6. The maximum Gasteiger partial charge on any atom is 0.326 e. The lowest BCUT2D eigenvalue weighted by Gasteiger charge is -2.30. The standard InChI is InChI=1S/C20H21NO7/c1-9-5-13(18(23)15(6-9)28-4)17-12-7-11(27-3)8-14(22)16(12)19(24)21(17)10(2)20(25)26/h5-8,10,17,22-23H,1-4H3,(H,25,26). The molecule has 0 radical (unpaired) electrons. The second-order valence-corrected chi connectivity index (χ2v) is 6.64. The third kappa shape index (κ3) is 2.87. The number of ether oxygens (including phenoxy) is 2. The number of carbonyl (C=O) groups excluding carboxylic acids is 1. The largest absolute Gasteiger partial charge is 0.507 e. The molecule has 8 heteroatoms. The molecule has 0 bridgehead atoms. The molecule has 0 saturated carbocycles. The molecule has 148 valence electrons. The van der Waals surface area contributed by atoms with Crippen LogP contribution in [0.3, 0.4) is 0 Å². The molecule has 2 unspecified atom stereocenters. The van der Waals surface area contributed by atoms with Crippen LogP contribution in [0, 0.1) is 6.92 Å². The van der Waals surface area contributed by atoms with Crippen LogP contribution in [0.4, 0.5) is 0 Å². The molecule has 3 N–H and O–H groups in total. The summed E-state index contributed by atoms with van der Waals surface area (Å²) in [5.41, 5.74) is 1.38. The van der Waals surface area contributed by atoms with Crippen molar-refractivity contribution in [3.63, 3.8) is 0 Å². The van der Waals surface area contributed by atoms with Crippen LogP contribution in [-0.2, 0) is 4.79 Å². The number of carboxylic acids is 1.